The predicted octanol–water partition coefficient (Wildman–Crippen LogP) is 1.92. The molecule has 0 atom stereocenters. The number of benzene rings is 2. The monoisotopic (exact) mass is 374 g/mol. The highest BCUT2D eigenvalue weighted by molar-refractivity contribution is 9.10. The van der Waals surface area contributed by atoms with Crippen LogP contribution in [0.1, 0.15) is 10.4 Å². The second kappa shape index (κ2) is 7.41. The van der Waals surface area contributed by atoms with E-state index in [-0.39, 0.29) is 17.8 Å². The van der Waals surface area contributed by atoms with Crippen molar-refractivity contribution >= 4 is 45.1 Å². The zero-order chi connectivity index (χ0) is 16.8. The molecule has 2 aromatic rings. The standard InChI is InChI=1S/C15H15BrN6O/c16-11-8-10(20-15(19)22-14(17)18)6-7-12(11)21-13(23)9-4-2-1-3-5-9/h1-8H,(H,21,23)(H6,17,18,19,20,22). The molecule has 0 spiro atoms. The van der Waals surface area contributed by atoms with Crippen molar-refractivity contribution in [2.75, 3.05) is 5.32 Å². The largest absolute Gasteiger partial charge is 0.370 e. The number of carbonyl (C=O) groups excluding carboxylic acids is 1. The third-order valence-electron chi connectivity index (χ3n) is 2.72. The molecule has 0 aliphatic heterocycles. The van der Waals surface area contributed by atoms with Crippen LogP contribution in [0.3, 0.4) is 0 Å². The van der Waals surface area contributed by atoms with E-state index in [4.69, 9.17) is 17.2 Å². The minimum Gasteiger partial charge on any atom is -0.370 e. The first-order valence-electron chi connectivity index (χ1n) is 6.55. The Morgan fingerprint density at radius 3 is 2.35 bits per heavy atom. The number of halogens is 1. The van der Waals surface area contributed by atoms with Crippen molar-refractivity contribution in [1.82, 2.24) is 0 Å². The maximum atomic E-state index is 12.1. The Labute approximate surface area is 141 Å². The first-order valence-corrected chi connectivity index (χ1v) is 7.35. The number of amides is 1. The SMILES string of the molecule is NC(N)=NC(N)=Nc1ccc(NC(=O)c2ccccc2)c(Br)c1. The van der Waals surface area contributed by atoms with Gasteiger partial charge in [-0.3, -0.25) is 4.79 Å². The molecule has 2 aromatic carbocycles. The Morgan fingerprint density at radius 1 is 1.04 bits per heavy atom. The van der Waals surface area contributed by atoms with Crippen LogP contribution < -0.4 is 22.5 Å². The van der Waals surface area contributed by atoms with Gasteiger partial charge in [-0.05, 0) is 46.3 Å². The molecule has 23 heavy (non-hydrogen) atoms. The van der Waals surface area contributed by atoms with E-state index in [2.05, 4.69) is 31.2 Å². The molecule has 0 aliphatic carbocycles. The first kappa shape index (κ1) is 16.5. The van der Waals surface area contributed by atoms with Crippen LogP contribution in [0.25, 0.3) is 0 Å². The van der Waals surface area contributed by atoms with Crippen LogP contribution in [-0.2, 0) is 0 Å². The Kier molecular flexibility index (Phi) is 5.32. The summed E-state index contributed by atoms with van der Waals surface area (Å²) < 4.78 is 0.653. The number of nitrogens with one attached hydrogen (secondary N) is 1. The summed E-state index contributed by atoms with van der Waals surface area (Å²) in [5.74, 6) is -0.433. The van der Waals surface area contributed by atoms with Crippen LogP contribution in [-0.4, -0.2) is 17.8 Å². The van der Waals surface area contributed by atoms with E-state index in [1.807, 2.05) is 6.07 Å². The van der Waals surface area contributed by atoms with Crippen LogP contribution >= 0.6 is 15.9 Å². The molecule has 0 bridgehead atoms. The number of hydrogen-bond acceptors (Lipinski definition) is 2. The van der Waals surface area contributed by atoms with Gasteiger partial charge in [-0.1, -0.05) is 18.2 Å². The molecule has 0 fully saturated rings. The third-order valence-corrected chi connectivity index (χ3v) is 3.38. The molecule has 118 valence electrons. The van der Waals surface area contributed by atoms with E-state index in [1.165, 1.54) is 0 Å². The number of aliphatic imine (C=N–C) groups is 2. The third kappa shape index (κ3) is 4.82. The van der Waals surface area contributed by atoms with E-state index >= 15 is 0 Å². The maximum absolute atomic E-state index is 12.1. The molecular weight excluding hydrogens is 360 g/mol. The van der Waals surface area contributed by atoms with E-state index in [9.17, 15) is 4.79 Å². The fraction of sp³-hybridized carbons (Fsp3) is 0. The van der Waals surface area contributed by atoms with E-state index in [0.29, 0.717) is 21.4 Å². The van der Waals surface area contributed by atoms with Gasteiger partial charge in [-0.25, -0.2) is 4.99 Å². The van der Waals surface area contributed by atoms with E-state index in [0.717, 1.165) is 0 Å². The van der Waals surface area contributed by atoms with E-state index in [1.54, 1.807) is 42.5 Å². The molecule has 0 unspecified atom stereocenters. The number of anilines is 1. The molecule has 8 heteroatoms. The molecular formula is C15H15BrN6O. The summed E-state index contributed by atoms with van der Waals surface area (Å²) in [6.45, 7) is 0. The van der Waals surface area contributed by atoms with Crippen LogP contribution in [0, 0.1) is 0 Å². The number of rotatable bonds is 3. The van der Waals surface area contributed by atoms with Gasteiger partial charge in [-0.15, -0.1) is 0 Å². The molecule has 0 saturated heterocycles. The average Bonchev–Trinajstić information content (AvgIpc) is 2.50. The summed E-state index contributed by atoms with van der Waals surface area (Å²) in [4.78, 5) is 19.8. The minimum absolute atomic E-state index is 0.0574. The lowest BCUT2D eigenvalue weighted by atomic mass is 10.2. The predicted molar refractivity (Wildman–Crippen MR) is 95.6 cm³/mol. The zero-order valence-electron chi connectivity index (χ0n) is 12.0. The molecule has 1 amide bonds. The van der Waals surface area contributed by atoms with Crippen LogP contribution in [0.4, 0.5) is 11.4 Å². The lowest BCUT2D eigenvalue weighted by Crippen LogP contribution is -2.26. The van der Waals surface area contributed by atoms with Gasteiger partial charge < -0.3 is 22.5 Å². The quantitative estimate of drug-likeness (QED) is 0.482. The molecule has 0 saturated carbocycles. The van der Waals surface area contributed by atoms with Gasteiger partial charge in [0.1, 0.15) is 0 Å². The fourth-order valence-electron chi connectivity index (χ4n) is 1.75. The van der Waals surface area contributed by atoms with Gasteiger partial charge in [-0.2, -0.15) is 4.99 Å². The van der Waals surface area contributed by atoms with Crippen molar-refractivity contribution in [2.45, 2.75) is 0 Å². The number of carbonyl (C=O) groups is 1. The molecule has 7 N–H and O–H groups in total. The van der Waals surface area contributed by atoms with Crippen molar-refractivity contribution < 1.29 is 4.79 Å². The van der Waals surface area contributed by atoms with Crippen LogP contribution in [0.15, 0.2) is 63.0 Å². The summed E-state index contributed by atoms with van der Waals surface area (Å²) in [5.41, 5.74) is 17.7. The molecule has 2 rings (SSSR count). The molecule has 7 nitrogen and oxygen atoms in total. The number of nitrogens with zero attached hydrogens (tertiary/aromatic N) is 2. The second-order valence-corrected chi connectivity index (χ2v) is 5.35. The molecule has 0 radical (unpaired) electrons. The van der Waals surface area contributed by atoms with Crippen LogP contribution in [0.5, 0.6) is 0 Å². The summed E-state index contributed by atoms with van der Waals surface area (Å²) in [6, 6.07) is 14.0. The van der Waals surface area contributed by atoms with Crippen molar-refractivity contribution in [3.8, 4) is 0 Å². The lowest BCUT2D eigenvalue weighted by molar-refractivity contribution is 0.102. The van der Waals surface area contributed by atoms with Crippen molar-refractivity contribution in [1.29, 1.82) is 0 Å². The van der Waals surface area contributed by atoms with Crippen molar-refractivity contribution in [3.05, 3.63) is 58.6 Å². The van der Waals surface area contributed by atoms with Gasteiger partial charge >= 0.3 is 0 Å². The van der Waals surface area contributed by atoms with Gasteiger partial charge in [0.2, 0.25) is 5.96 Å². The number of hydrogen-bond donors (Lipinski definition) is 4. The zero-order valence-corrected chi connectivity index (χ0v) is 13.6. The Bertz CT molecular complexity index is 769. The van der Waals surface area contributed by atoms with Crippen molar-refractivity contribution in [3.63, 3.8) is 0 Å². The average molecular weight is 375 g/mol. The second-order valence-electron chi connectivity index (χ2n) is 4.49. The Morgan fingerprint density at radius 2 is 1.74 bits per heavy atom. The van der Waals surface area contributed by atoms with Gasteiger partial charge in [0.15, 0.2) is 5.96 Å². The van der Waals surface area contributed by atoms with Gasteiger partial charge in [0, 0.05) is 10.0 Å². The van der Waals surface area contributed by atoms with Crippen LogP contribution in [0.2, 0.25) is 0 Å². The fourth-order valence-corrected chi connectivity index (χ4v) is 2.21. The maximum Gasteiger partial charge on any atom is 0.255 e. The topological polar surface area (TPSA) is 132 Å². The highest BCUT2D eigenvalue weighted by atomic mass is 79.9. The molecule has 0 aromatic heterocycles. The Hall–Kier alpha value is -2.87. The highest BCUT2D eigenvalue weighted by Crippen LogP contribution is 2.28. The first-order chi connectivity index (χ1) is 11.0. The summed E-state index contributed by atoms with van der Waals surface area (Å²) in [5, 5.41) is 2.81. The van der Waals surface area contributed by atoms with Gasteiger partial charge in [0.25, 0.3) is 5.91 Å². The lowest BCUT2D eigenvalue weighted by Gasteiger charge is -2.08. The molecule has 0 aliphatic rings. The normalized spacial score (nSPS) is 10.9. The smallest absolute Gasteiger partial charge is 0.255 e. The number of nitrogens with two attached hydrogens (primary N) is 3. The summed E-state index contributed by atoms with van der Waals surface area (Å²) >= 11 is 3.38. The Balaban J connectivity index is 2.17. The van der Waals surface area contributed by atoms with Crippen molar-refractivity contribution in [2.24, 2.45) is 27.2 Å². The van der Waals surface area contributed by atoms with Gasteiger partial charge in [0.05, 0.1) is 11.4 Å². The highest BCUT2D eigenvalue weighted by Gasteiger charge is 2.08. The number of guanidine groups is 2. The molecule has 0 heterocycles. The summed E-state index contributed by atoms with van der Waals surface area (Å²) in [7, 11) is 0. The summed E-state index contributed by atoms with van der Waals surface area (Å²) in [6.07, 6.45) is 0. The minimum atomic E-state index is -0.206. The van der Waals surface area contributed by atoms with E-state index < -0.39 is 0 Å².